The number of hydrogen-bond acceptors (Lipinski definition) is 4. The monoisotopic (exact) mass is 172 g/mol. The Morgan fingerprint density at radius 3 is 2.33 bits per heavy atom. The van der Waals surface area contributed by atoms with Crippen molar-refractivity contribution >= 4 is 5.91 Å². The van der Waals surface area contributed by atoms with Crippen LogP contribution in [0.25, 0.3) is 0 Å². The van der Waals surface area contributed by atoms with Gasteiger partial charge in [-0.25, -0.2) is 0 Å². The molecule has 2 saturated heterocycles. The SMILES string of the molecule is NC(=O)C1OCC2(CNC2)CO1. The Morgan fingerprint density at radius 2 is 2.00 bits per heavy atom. The lowest BCUT2D eigenvalue weighted by atomic mass is 9.83. The summed E-state index contributed by atoms with van der Waals surface area (Å²) in [5.41, 5.74) is 5.11. The fourth-order valence-corrected chi connectivity index (χ4v) is 1.44. The highest BCUT2D eigenvalue weighted by Crippen LogP contribution is 2.28. The van der Waals surface area contributed by atoms with Crippen LogP contribution in [0.2, 0.25) is 0 Å². The minimum absolute atomic E-state index is 0.103. The fraction of sp³-hybridized carbons (Fsp3) is 0.857. The van der Waals surface area contributed by atoms with Crippen molar-refractivity contribution in [3.8, 4) is 0 Å². The first-order valence-corrected chi connectivity index (χ1v) is 3.95. The average molecular weight is 172 g/mol. The minimum Gasteiger partial charge on any atom is -0.365 e. The average Bonchev–Trinajstić information content (AvgIpc) is 2.02. The first kappa shape index (κ1) is 7.97. The molecule has 1 amide bonds. The second-order valence-corrected chi connectivity index (χ2v) is 3.46. The first-order chi connectivity index (χ1) is 5.72. The molecule has 3 N–H and O–H groups in total. The van der Waals surface area contributed by atoms with Gasteiger partial charge in [0.25, 0.3) is 5.91 Å². The molecule has 0 aromatic rings. The Balaban J connectivity index is 1.88. The van der Waals surface area contributed by atoms with Crippen LogP contribution in [0.3, 0.4) is 0 Å². The molecule has 0 saturated carbocycles. The molecule has 0 bridgehead atoms. The molecular formula is C7H12N2O3. The van der Waals surface area contributed by atoms with Crippen LogP contribution in [0.5, 0.6) is 0 Å². The van der Waals surface area contributed by atoms with E-state index in [0.717, 1.165) is 13.1 Å². The van der Waals surface area contributed by atoms with Crippen molar-refractivity contribution in [1.82, 2.24) is 5.32 Å². The molecule has 12 heavy (non-hydrogen) atoms. The zero-order valence-corrected chi connectivity index (χ0v) is 6.71. The van der Waals surface area contributed by atoms with Crippen LogP contribution >= 0.6 is 0 Å². The van der Waals surface area contributed by atoms with Gasteiger partial charge in [-0.2, -0.15) is 0 Å². The zero-order valence-electron chi connectivity index (χ0n) is 6.71. The summed E-state index contributed by atoms with van der Waals surface area (Å²) in [5, 5.41) is 3.14. The third-order valence-corrected chi connectivity index (χ3v) is 2.31. The van der Waals surface area contributed by atoms with Crippen LogP contribution in [0, 0.1) is 5.41 Å². The van der Waals surface area contributed by atoms with Crippen molar-refractivity contribution in [3.63, 3.8) is 0 Å². The second-order valence-electron chi connectivity index (χ2n) is 3.46. The third-order valence-electron chi connectivity index (χ3n) is 2.31. The van der Waals surface area contributed by atoms with Gasteiger partial charge in [0.15, 0.2) is 0 Å². The highest BCUT2D eigenvalue weighted by atomic mass is 16.7. The van der Waals surface area contributed by atoms with E-state index in [4.69, 9.17) is 15.2 Å². The highest BCUT2D eigenvalue weighted by Gasteiger charge is 2.43. The maximum atomic E-state index is 10.6. The smallest absolute Gasteiger partial charge is 0.274 e. The van der Waals surface area contributed by atoms with E-state index in [1.165, 1.54) is 0 Å². The van der Waals surface area contributed by atoms with Crippen LogP contribution in [0.4, 0.5) is 0 Å². The summed E-state index contributed by atoms with van der Waals surface area (Å²) in [6.07, 6.45) is -0.837. The lowest BCUT2D eigenvalue weighted by Gasteiger charge is -2.45. The van der Waals surface area contributed by atoms with Crippen molar-refractivity contribution in [3.05, 3.63) is 0 Å². The van der Waals surface area contributed by atoms with Crippen LogP contribution in [0.15, 0.2) is 0 Å². The molecule has 2 rings (SSSR count). The van der Waals surface area contributed by atoms with E-state index < -0.39 is 12.2 Å². The molecule has 68 valence electrons. The standard InChI is InChI=1S/C7H12N2O3/c8-5(10)6-11-3-7(4-12-6)1-9-2-7/h6,9H,1-4H2,(H2,8,10). The summed E-state index contributed by atoms with van der Waals surface area (Å²) in [6, 6.07) is 0. The van der Waals surface area contributed by atoms with Gasteiger partial charge in [-0.05, 0) is 0 Å². The Kier molecular flexibility index (Phi) is 1.79. The van der Waals surface area contributed by atoms with E-state index in [-0.39, 0.29) is 5.41 Å². The van der Waals surface area contributed by atoms with Gasteiger partial charge in [-0.1, -0.05) is 0 Å². The van der Waals surface area contributed by atoms with Crippen LogP contribution < -0.4 is 11.1 Å². The number of hydrogen-bond donors (Lipinski definition) is 2. The fourth-order valence-electron chi connectivity index (χ4n) is 1.44. The molecule has 0 aromatic carbocycles. The van der Waals surface area contributed by atoms with Crippen molar-refractivity contribution in [2.45, 2.75) is 6.29 Å². The number of nitrogens with one attached hydrogen (secondary N) is 1. The van der Waals surface area contributed by atoms with Gasteiger partial charge >= 0.3 is 0 Å². The molecule has 2 aliphatic heterocycles. The number of primary amides is 1. The Labute approximate surface area is 70.2 Å². The number of nitrogens with two attached hydrogens (primary N) is 1. The van der Waals surface area contributed by atoms with Gasteiger partial charge in [0.05, 0.1) is 13.2 Å². The minimum atomic E-state index is -0.837. The number of carbonyl (C=O) groups is 1. The van der Waals surface area contributed by atoms with E-state index in [2.05, 4.69) is 5.32 Å². The summed E-state index contributed by atoms with van der Waals surface area (Å²) in [7, 11) is 0. The molecule has 0 atom stereocenters. The Hall–Kier alpha value is -0.650. The van der Waals surface area contributed by atoms with E-state index in [1.54, 1.807) is 0 Å². The van der Waals surface area contributed by atoms with Crippen molar-refractivity contribution in [1.29, 1.82) is 0 Å². The summed E-state index contributed by atoms with van der Waals surface area (Å²) < 4.78 is 10.3. The van der Waals surface area contributed by atoms with Crippen LogP contribution in [-0.4, -0.2) is 38.5 Å². The Bertz CT molecular complexity index is 193. The maximum Gasteiger partial charge on any atom is 0.274 e. The van der Waals surface area contributed by atoms with E-state index in [1.807, 2.05) is 0 Å². The molecule has 1 spiro atoms. The van der Waals surface area contributed by atoms with Crippen molar-refractivity contribution in [2.75, 3.05) is 26.3 Å². The molecule has 0 radical (unpaired) electrons. The van der Waals surface area contributed by atoms with Gasteiger partial charge in [0.1, 0.15) is 0 Å². The molecular weight excluding hydrogens is 160 g/mol. The molecule has 0 unspecified atom stereocenters. The van der Waals surface area contributed by atoms with Crippen LogP contribution in [0.1, 0.15) is 0 Å². The van der Waals surface area contributed by atoms with E-state index >= 15 is 0 Å². The second kappa shape index (κ2) is 2.69. The van der Waals surface area contributed by atoms with E-state index in [9.17, 15) is 4.79 Å². The van der Waals surface area contributed by atoms with Crippen molar-refractivity contribution in [2.24, 2.45) is 11.1 Å². The van der Waals surface area contributed by atoms with E-state index in [0.29, 0.717) is 13.2 Å². The number of ether oxygens (including phenoxy) is 2. The van der Waals surface area contributed by atoms with Gasteiger partial charge in [-0.3, -0.25) is 4.79 Å². The van der Waals surface area contributed by atoms with Gasteiger partial charge < -0.3 is 20.5 Å². The molecule has 2 heterocycles. The van der Waals surface area contributed by atoms with Crippen LogP contribution in [-0.2, 0) is 14.3 Å². The van der Waals surface area contributed by atoms with Crippen molar-refractivity contribution < 1.29 is 14.3 Å². The molecule has 5 heteroatoms. The summed E-state index contributed by atoms with van der Waals surface area (Å²) in [6.45, 7) is 2.93. The first-order valence-electron chi connectivity index (χ1n) is 3.95. The van der Waals surface area contributed by atoms with Gasteiger partial charge in [0.2, 0.25) is 6.29 Å². The summed E-state index contributed by atoms with van der Waals surface area (Å²) in [5.74, 6) is -0.544. The highest BCUT2D eigenvalue weighted by molar-refractivity contribution is 5.77. The molecule has 2 aliphatic rings. The largest absolute Gasteiger partial charge is 0.365 e. The quantitative estimate of drug-likeness (QED) is 0.501. The predicted octanol–water partition coefficient (Wildman–Crippen LogP) is -1.57. The Morgan fingerprint density at radius 1 is 1.42 bits per heavy atom. The predicted molar refractivity (Wildman–Crippen MR) is 40.2 cm³/mol. The lowest BCUT2D eigenvalue weighted by molar-refractivity contribution is -0.231. The normalized spacial score (nSPS) is 28.3. The molecule has 0 aliphatic carbocycles. The van der Waals surface area contributed by atoms with Gasteiger partial charge in [-0.15, -0.1) is 0 Å². The number of rotatable bonds is 1. The molecule has 0 aromatic heterocycles. The lowest BCUT2D eigenvalue weighted by Crippen LogP contribution is -2.62. The molecule has 2 fully saturated rings. The molecule has 5 nitrogen and oxygen atoms in total. The topological polar surface area (TPSA) is 73.6 Å². The number of carbonyl (C=O) groups excluding carboxylic acids is 1. The number of amides is 1. The van der Waals surface area contributed by atoms with Gasteiger partial charge in [0, 0.05) is 18.5 Å². The summed E-state index contributed by atoms with van der Waals surface area (Å²) >= 11 is 0. The summed E-state index contributed by atoms with van der Waals surface area (Å²) in [4.78, 5) is 10.6. The maximum absolute atomic E-state index is 10.6. The zero-order chi connectivity index (χ0) is 8.60. The third kappa shape index (κ3) is 1.20.